The highest BCUT2D eigenvalue weighted by atomic mass is 16.5. The summed E-state index contributed by atoms with van der Waals surface area (Å²) >= 11 is 0. The quantitative estimate of drug-likeness (QED) is 0.678. The second kappa shape index (κ2) is 4.14. The number of fused-ring (bicyclic) bond motifs is 1. The molecule has 16 heavy (non-hydrogen) atoms. The highest BCUT2D eigenvalue weighted by Crippen LogP contribution is 2.25. The van der Waals surface area contributed by atoms with Crippen LogP contribution in [0.25, 0.3) is 10.9 Å². The minimum atomic E-state index is -0.476. The van der Waals surface area contributed by atoms with Crippen molar-refractivity contribution in [3.8, 4) is 0 Å². The number of carbonyl (C=O) groups excluding carboxylic acids is 1. The van der Waals surface area contributed by atoms with Crippen LogP contribution in [0.15, 0.2) is 24.4 Å². The molecule has 5 nitrogen and oxygen atoms in total. The number of hydrogen-bond acceptors (Lipinski definition) is 3. The van der Waals surface area contributed by atoms with Gasteiger partial charge in [-0.1, -0.05) is 0 Å². The van der Waals surface area contributed by atoms with Crippen molar-refractivity contribution in [2.45, 2.75) is 6.92 Å². The van der Waals surface area contributed by atoms with Gasteiger partial charge in [-0.25, -0.2) is 4.79 Å². The summed E-state index contributed by atoms with van der Waals surface area (Å²) in [5, 5.41) is 3.56. The van der Waals surface area contributed by atoms with Crippen molar-refractivity contribution in [1.29, 1.82) is 0 Å². The Morgan fingerprint density at radius 2 is 2.38 bits per heavy atom. The number of ether oxygens (including phenoxy) is 1. The molecule has 0 saturated heterocycles. The maximum Gasteiger partial charge on any atom is 0.411 e. The minimum absolute atomic E-state index is 0.338. The molecule has 84 valence electrons. The van der Waals surface area contributed by atoms with E-state index in [0.717, 1.165) is 10.9 Å². The zero-order valence-corrected chi connectivity index (χ0v) is 8.91. The third-order valence-electron chi connectivity index (χ3n) is 2.20. The normalized spacial score (nSPS) is 10.3. The van der Waals surface area contributed by atoms with Crippen LogP contribution in [0.5, 0.6) is 0 Å². The maximum absolute atomic E-state index is 11.3. The number of rotatable bonds is 2. The summed E-state index contributed by atoms with van der Waals surface area (Å²) < 4.78 is 4.81. The van der Waals surface area contributed by atoms with Crippen molar-refractivity contribution in [1.82, 2.24) is 4.98 Å². The van der Waals surface area contributed by atoms with E-state index >= 15 is 0 Å². The van der Waals surface area contributed by atoms with Gasteiger partial charge in [0.25, 0.3) is 0 Å². The van der Waals surface area contributed by atoms with Gasteiger partial charge in [0.2, 0.25) is 0 Å². The van der Waals surface area contributed by atoms with Crippen LogP contribution in [0.2, 0.25) is 0 Å². The molecule has 0 aliphatic carbocycles. The summed E-state index contributed by atoms with van der Waals surface area (Å²) in [6, 6.07) is 5.38. The number of aromatic amines is 1. The van der Waals surface area contributed by atoms with Crippen LogP contribution in [-0.2, 0) is 4.74 Å². The lowest BCUT2D eigenvalue weighted by Gasteiger charge is -2.07. The highest BCUT2D eigenvalue weighted by Gasteiger charge is 2.07. The van der Waals surface area contributed by atoms with Crippen LogP contribution in [0, 0.1) is 0 Å². The van der Waals surface area contributed by atoms with Crippen LogP contribution < -0.4 is 11.1 Å². The topological polar surface area (TPSA) is 80.1 Å². The fraction of sp³-hybridized carbons (Fsp3) is 0.182. The summed E-state index contributed by atoms with van der Waals surface area (Å²) in [5.74, 6) is 0. The zero-order valence-electron chi connectivity index (χ0n) is 8.91. The van der Waals surface area contributed by atoms with Crippen molar-refractivity contribution >= 4 is 28.4 Å². The van der Waals surface area contributed by atoms with E-state index in [1.807, 2.05) is 12.1 Å². The molecule has 2 rings (SSSR count). The summed E-state index contributed by atoms with van der Waals surface area (Å²) in [7, 11) is 0. The Hall–Kier alpha value is -2.17. The van der Waals surface area contributed by atoms with Gasteiger partial charge in [-0.15, -0.1) is 0 Å². The van der Waals surface area contributed by atoms with Gasteiger partial charge in [0.05, 0.1) is 12.3 Å². The lowest BCUT2D eigenvalue weighted by atomic mass is 10.2. The monoisotopic (exact) mass is 219 g/mol. The van der Waals surface area contributed by atoms with Gasteiger partial charge in [0.1, 0.15) is 0 Å². The molecule has 0 fully saturated rings. The van der Waals surface area contributed by atoms with Gasteiger partial charge in [-0.05, 0) is 25.1 Å². The van der Waals surface area contributed by atoms with Crippen LogP contribution in [0.1, 0.15) is 6.92 Å². The molecule has 1 amide bonds. The van der Waals surface area contributed by atoms with Gasteiger partial charge in [0.15, 0.2) is 0 Å². The first-order chi connectivity index (χ1) is 7.70. The molecule has 0 saturated carbocycles. The number of nitrogens with one attached hydrogen (secondary N) is 2. The lowest BCUT2D eigenvalue weighted by Crippen LogP contribution is -2.13. The third kappa shape index (κ3) is 1.93. The van der Waals surface area contributed by atoms with Crippen LogP contribution in [-0.4, -0.2) is 17.7 Å². The number of hydrogen-bond donors (Lipinski definition) is 3. The molecule has 4 N–H and O–H groups in total. The zero-order chi connectivity index (χ0) is 11.5. The predicted molar refractivity (Wildman–Crippen MR) is 63.4 cm³/mol. The van der Waals surface area contributed by atoms with E-state index in [0.29, 0.717) is 18.0 Å². The van der Waals surface area contributed by atoms with Crippen molar-refractivity contribution in [3.05, 3.63) is 24.4 Å². The van der Waals surface area contributed by atoms with Crippen molar-refractivity contribution in [3.63, 3.8) is 0 Å². The largest absolute Gasteiger partial charge is 0.450 e. The first-order valence-electron chi connectivity index (χ1n) is 5.01. The summed E-state index contributed by atoms with van der Waals surface area (Å²) in [4.78, 5) is 14.3. The van der Waals surface area contributed by atoms with Crippen LogP contribution in [0.4, 0.5) is 16.2 Å². The summed E-state index contributed by atoms with van der Waals surface area (Å²) in [6.07, 6.45) is 1.32. The molecule has 1 aromatic carbocycles. The van der Waals surface area contributed by atoms with Gasteiger partial charge >= 0.3 is 6.09 Å². The van der Waals surface area contributed by atoms with Crippen molar-refractivity contribution in [2.24, 2.45) is 0 Å². The first-order valence-corrected chi connectivity index (χ1v) is 5.01. The Balaban J connectivity index is 2.35. The van der Waals surface area contributed by atoms with Gasteiger partial charge in [0, 0.05) is 22.8 Å². The Bertz CT molecular complexity index is 519. The van der Waals surface area contributed by atoms with E-state index in [-0.39, 0.29) is 0 Å². The molecule has 0 radical (unpaired) electrons. The molecule has 5 heteroatoms. The average molecular weight is 219 g/mol. The number of benzene rings is 1. The third-order valence-corrected chi connectivity index (χ3v) is 2.20. The number of nitrogens with two attached hydrogens (primary N) is 1. The van der Waals surface area contributed by atoms with Crippen molar-refractivity contribution < 1.29 is 9.53 Å². The summed E-state index contributed by atoms with van der Waals surface area (Å²) in [6.45, 7) is 2.09. The molecular formula is C11H13N3O2. The molecule has 0 bridgehead atoms. The van der Waals surface area contributed by atoms with Crippen LogP contribution in [0.3, 0.4) is 0 Å². The molecule has 1 aromatic heterocycles. The molecule has 0 atom stereocenters. The van der Waals surface area contributed by atoms with Gasteiger partial charge in [-0.2, -0.15) is 0 Å². The SMILES string of the molecule is CCOC(=O)Nc1cc(N)cc2[nH]ccc12. The van der Waals surface area contributed by atoms with E-state index in [4.69, 9.17) is 10.5 Å². The first kappa shape index (κ1) is 10.4. The molecule has 0 aliphatic heterocycles. The van der Waals surface area contributed by atoms with E-state index in [1.165, 1.54) is 0 Å². The summed E-state index contributed by atoms with van der Waals surface area (Å²) in [5.41, 5.74) is 7.84. The van der Waals surface area contributed by atoms with E-state index < -0.39 is 6.09 Å². The second-order valence-corrected chi connectivity index (χ2v) is 3.35. The highest BCUT2D eigenvalue weighted by molar-refractivity contribution is 6.00. The van der Waals surface area contributed by atoms with Crippen LogP contribution >= 0.6 is 0 Å². The molecule has 0 aliphatic rings. The Kier molecular flexibility index (Phi) is 2.68. The van der Waals surface area contributed by atoms with E-state index in [2.05, 4.69) is 10.3 Å². The maximum atomic E-state index is 11.3. The Morgan fingerprint density at radius 1 is 1.56 bits per heavy atom. The molecule has 1 heterocycles. The molecule has 0 unspecified atom stereocenters. The fourth-order valence-electron chi connectivity index (χ4n) is 1.57. The second-order valence-electron chi connectivity index (χ2n) is 3.35. The van der Waals surface area contributed by atoms with E-state index in [1.54, 1.807) is 19.2 Å². The number of anilines is 2. The minimum Gasteiger partial charge on any atom is -0.450 e. The lowest BCUT2D eigenvalue weighted by molar-refractivity contribution is 0.168. The molecule has 0 spiro atoms. The number of H-pyrrole nitrogens is 1. The standard InChI is InChI=1S/C11H13N3O2/c1-2-16-11(15)14-10-6-7(12)5-9-8(10)3-4-13-9/h3-6,13H,2,12H2,1H3,(H,14,15). The number of nitrogen functional groups attached to an aromatic ring is 1. The number of aromatic nitrogens is 1. The number of amides is 1. The van der Waals surface area contributed by atoms with Gasteiger partial charge < -0.3 is 15.5 Å². The fourth-order valence-corrected chi connectivity index (χ4v) is 1.57. The number of carbonyl (C=O) groups is 1. The average Bonchev–Trinajstić information content (AvgIpc) is 2.65. The molecule has 2 aromatic rings. The van der Waals surface area contributed by atoms with Crippen molar-refractivity contribution in [2.75, 3.05) is 17.7 Å². The Labute approximate surface area is 92.6 Å². The predicted octanol–water partition coefficient (Wildman–Crippen LogP) is 2.32. The Morgan fingerprint density at radius 3 is 3.12 bits per heavy atom. The molecular weight excluding hydrogens is 206 g/mol. The van der Waals surface area contributed by atoms with Gasteiger partial charge in [-0.3, -0.25) is 5.32 Å². The smallest absolute Gasteiger partial charge is 0.411 e. The van der Waals surface area contributed by atoms with E-state index in [9.17, 15) is 4.79 Å².